The average molecular weight is 399 g/mol. The minimum Gasteiger partial charge on any atom is -0.479 e. The Balaban J connectivity index is 2.43. The molecule has 0 spiro atoms. The Hall–Kier alpha value is -1.06. The average Bonchev–Trinajstić information content (AvgIpc) is 2.33. The standard InChI is InChI=1S/C11H12ClIN2O4/c12-7-2-1-6(13)5-8(7)15-11(19)14-4-3-9(16)10(17)18/h1-2,5,9,16H,3-4H2,(H,17,18)(H2,14,15,19)/t9-/m0/s1. The van der Waals surface area contributed by atoms with Crippen LogP contribution in [-0.2, 0) is 4.79 Å². The van der Waals surface area contributed by atoms with Crippen LogP contribution in [0.5, 0.6) is 0 Å². The summed E-state index contributed by atoms with van der Waals surface area (Å²) in [5, 5.41) is 22.8. The van der Waals surface area contributed by atoms with E-state index in [-0.39, 0.29) is 13.0 Å². The topological polar surface area (TPSA) is 98.7 Å². The van der Waals surface area contributed by atoms with Gasteiger partial charge in [-0.05, 0) is 40.8 Å². The lowest BCUT2D eigenvalue weighted by molar-refractivity contribution is -0.146. The van der Waals surface area contributed by atoms with Gasteiger partial charge in [-0.25, -0.2) is 9.59 Å². The molecule has 19 heavy (non-hydrogen) atoms. The molecule has 2 amide bonds. The lowest BCUT2D eigenvalue weighted by Gasteiger charge is -2.10. The second-order valence-corrected chi connectivity index (χ2v) is 5.30. The van der Waals surface area contributed by atoms with Gasteiger partial charge in [0.05, 0.1) is 10.7 Å². The minimum atomic E-state index is -1.48. The molecule has 0 heterocycles. The van der Waals surface area contributed by atoms with E-state index in [9.17, 15) is 9.59 Å². The van der Waals surface area contributed by atoms with Crippen molar-refractivity contribution in [2.75, 3.05) is 11.9 Å². The van der Waals surface area contributed by atoms with Gasteiger partial charge in [-0.2, -0.15) is 0 Å². The molecule has 8 heteroatoms. The van der Waals surface area contributed by atoms with Crippen molar-refractivity contribution in [3.63, 3.8) is 0 Å². The maximum absolute atomic E-state index is 11.5. The number of aliphatic carboxylic acids is 1. The molecule has 0 radical (unpaired) electrons. The molecule has 0 fully saturated rings. The van der Waals surface area contributed by atoms with Gasteiger partial charge in [-0.3, -0.25) is 0 Å². The van der Waals surface area contributed by atoms with Gasteiger partial charge in [-0.15, -0.1) is 0 Å². The zero-order valence-electron chi connectivity index (χ0n) is 9.69. The molecule has 0 aliphatic carbocycles. The van der Waals surface area contributed by atoms with Crippen LogP contribution in [0.2, 0.25) is 5.02 Å². The van der Waals surface area contributed by atoms with Gasteiger partial charge in [0.2, 0.25) is 0 Å². The van der Waals surface area contributed by atoms with Crippen LogP contribution in [0.25, 0.3) is 0 Å². The number of hydrogen-bond acceptors (Lipinski definition) is 3. The Bertz CT molecular complexity index is 484. The van der Waals surface area contributed by atoms with Gasteiger partial charge >= 0.3 is 12.0 Å². The van der Waals surface area contributed by atoms with Gasteiger partial charge in [0, 0.05) is 16.5 Å². The molecule has 1 aromatic rings. The molecule has 0 aliphatic rings. The van der Waals surface area contributed by atoms with E-state index in [0.717, 1.165) is 3.57 Å². The van der Waals surface area contributed by atoms with Crippen molar-refractivity contribution in [3.8, 4) is 0 Å². The maximum atomic E-state index is 11.5. The third kappa shape index (κ3) is 5.62. The van der Waals surface area contributed by atoms with Crippen molar-refractivity contribution in [1.29, 1.82) is 0 Å². The number of carboxylic acid groups (broad SMARTS) is 1. The number of rotatable bonds is 5. The second-order valence-electron chi connectivity index (χ2n) is 3.65. The number of carbonyl (C=O) groups is 2. The largest absolute Gasteiger partial charge is 0.479 e. The minimum absolute atomic E-state index is 0.0425. The second kappa shape index (κ2) is 7.51. The number of hydrogen-bond donors (Lipinski definition) is 4. The number of urea groups is 1. The zero-order valence-corrected chi connectivity index (χ0v) is 12.6. The van der Waals surface area contributed by atoms with E-state index >= 15 is 0 Å². The molecule has 0 saturated heterocycles. The summed E-state index contributed by atoms with van der Waals surface area (Å²) in [5.74, 6) is -1.32. The van der Waals surface area contributed by atoms with E-state index in [2.05, 4.69) is 33.2 Å². The molecule has 0 saturated carbocycles. The molecule has 0 unspecified atom stereocenters. The van der Waals surface area contributed by atoms with Crippen molar-refractivity contribution in [2.45, 2.75) is 12.5 Å². The first-order valence-corrected chi connectivity index (χ1v) is 6.76. The summed E-state index contributed by atoms with van der Waals surface area (Å²) in [7, 11) is 0. The number of anilines is 1. The lowest BCUT2D eigenvalue weighted by Crippen LogP contribution is -2.33. The predicted molar refractivity (Wildman–Crippen MR) is 79.5 cm³/mol. The van der Waals surface area contributed by atoms with Crippen LogP contribution in [0.3, 0.4) is 0 Å². The Morgan fingerprint density at radius 1 is 1.42 bits per heavy atom. The Kier molecular flexibility index (Phi) is 6.32. The quantitative estimate of drug-likeness (QED) is 0.569. The first-order chi connectivity index (χ1) is 8.90. The monoisotopic (exact) mass is 398 g/mol. The fourth-order valence-electron chi connectivity index (χ4n) is 1.21. The molecule has 0 aliphatic heterocycles. The molecule has 6 nitrogen and oxygen atoms in total. The summed E-state index contributed by atoms with van der Waals surface area (Å²) in [6.07, 6.45) is -1.55. The van der Waals surface area contributed by atoms with Crippen LogP contribution in [-0.4, -0.2) is 34.9 Å². The summed E-state index contributed by atoms with van der Waals surface area (Å²) in [4.78, 5) is 21.9. The van der Waals surface area contributed by atoms with Gasteiger partial charge in [0.1, 0.15) is 0 Å². The van der Waals surface area contributed by atoms with Crippen molar-refractivity contribution < 1.29 is 19.8 Å². The number of aliphatic hydroxyl groups is 1. The molecule has 0 bridgehead atoms. The molecular weight excluding hydrogens is 386 g/mol. The van der Waals surface area contributed by atoms with Gasteiger partial charge in [-0.1, -0.05) is 11.6 Å². The normalized spacial score (nSPS) is 11.7. The smallest absolute Gasteiger partial charge is 0.332 e. The number of aliphatic hydroxyl groups excluding tert-OH is 1. The van der Waals surface area contributed by atoms with Gasteiger partial charge in [0.15, 0.2) is 6.10 Å². The van der Waals surface area contributed by atoms with E-state index in [0.29, 0.717) is 10.7 Å². The molecule has 4 N–H and O–H groups in total. The van der Waals surface area contributed by atoms with Crippen molar-refractivity contribution in [3.05, 3.63) is 26.8 Å². The summed E-state index contributed by atoms with van der Waals surface area (Å²) >= 11 is 7.99. The molecule has 0 aromatic heterocycles. The molecule has 1 atom stereocenters. The first kappa shape index (κ1) is 16.0. The Labute approximate surface area is 128 Å². The summed E-state index contributed by atoms with van der Waals surface area (Å²) in [6.45, 7) is 0.0425. The van der Waals surface area contributed by atoms with Crippen LogP contribution in [0.15, 0.2) is 18.2 Å². The lowest BCUT2D eigenvalue weighted by atomic mass is 10.2. The fraction of sp³-hybridized carbons (Fsp3) is 0.273. The van der Waals surface area contributed by atoms with Crippen LogP contribution in [0.1, 0.15) is 6.42 Å². The number of benzene rings is 1. The Morgan fingerprint density at radius 2 is 2.11 bits per heavy atom. The van der Waals surface area contributed by atoms with E-state index in [4.69, 9.17) is 21.8 Å². The van der Waals surface area contributed by atoms with Crippen LogP contribution in [0, 0.1) is 3.57 Å². The van der Waals surface area contributed by atoms with E-state index in [1.54, 1.807) is 18.2 Å². The third-order valence-electron chi connectivity index (χ3n) is 2.16. The van der Waals surface area contributed by atoms with E-state index < -0.39 is 18.1 Å². The molecule has 104 valence electrons. The van der Waals surface area contributed by atoms with Crippen LogP contribution < -0.4 is 10.6 Å². The van der Waals surface area contributed by atoms with Crippen molar-refractivity contribution in [1.82, 2.24) is 5.32 Å². The van der Waals surface area contributed by atoms with Crippen molar-refractivity contribution in [2.24, 2.45) is 0 Å². The predicted octanol–water partition coefficient (Wildman–Crippen LogP) is 1.90. The first-order valence-electron chi connectivity index (χ1n) is 5.31. The molecule has 1 rings (SSSR count). The van der Waals surface area contributed by atoms with Gasteiger partial charge < -0.3 is 20.8 Å². The number of halogens is 2. The van der Waals surface area contributed by atoms with Crippen LogP contribution in [0.4, 0.5) is 10.5 Å². The zero-order chi connectivity index (χ0) is 14.4. The number of nitrogens with one attached hydrogen (secondary N) is 2. The summed E-state index contributed by atoms with van der Waals surface area (Å²) in [6, 6.07) is 4.65. The highest BCUT2D eigenvalue weighted by Gasteiger charge is 2.13. The van der Waals surface area contributed by atoms with Gasteiger partial charge in [0.25, 0.3) is 0 Å². The summed E-state index contributed by atoms with van der Waals surface area (Å²) in [5.41, 5.74) is 0.463. The van der Waals surface area contributed by atoms with E-state index in [1.165, 1.54) is 0 Å². The maximum Gasteiger partial charge on any atom is 0.332 e. The highest BCUT2D eigenvalue weighted by atomic mass is 127. The van der Waals surface area contributed by atoms with Crippen molar-refractivity contribution >= 4 is 51.9 Å². The third-order valence-corrected chi connectivity index (χ3v) is 3.17. The Morgan fingerprint density at radius 3 is 2.74 bits per heavy atom. The van der Waals surface area contributed by atoms with E-state index in [1.807, 2.05) is 0 Å². The summed E-state index contributed by atoms with van der Waals surface area (Å²) < 4.78 is 0.915. The highest BCUT2D eigenvalue weighted by Crippen LogP contribution is 2.23. The molecule has 1 aromatic carbocycles. The highest BCUT2D eigenvalue weighted by molar-refractivity contribution is 14.1. The SMILES string of the molecule is O=C(NCC[C@H](O)C(=O)O)Nc1cc(I)ccc1Cl. The van der Waals surface area contributed by atoms with Crippen LogP contribution >= 0.6 is 34.2 Å². The molecular formula is C11H12ClIN2O4. The number of amides is 2. The fourth-order valence-corrected chi connectivity index (χ4v) is 1.86. The number of carbonyl (C=O) groups excluding carboxylic acids is 1. The number of carboxylic acids is 1.